The van der Waals surface area contributed by atoms with Crippen molar-refractivity contribution in [1.29, 1.82) is 0 Å². The van der Waals surface area contributed by atoms with Crippen LogP contribution in [0.4, 0.5) is 11.4 Å². The van der Waals surface area contributed by atoms with Gasteiger partial charge >= 0.3 is 0 Å². The van der Waals surface area contributed by atoms with Gasteiger partial charge in [-0.3, -0.25) is 9.59 Å². The first-order valence-corrected chi connectivity index (χ1v) is 9.30. The Labute approximate surface area is 162 Å². The number of hydrogen-bond donors (Lipinski definition) is 2. The Kier molecular flexibility index (Phi) is 4.90. The smallest absolute Gasteiger partial charge is 0.239 e. The number of rotatable bonds is 3. The molecule has 0 bridgehead atoms. The first-order chi connectivity index (χ1) is 13.1. The van der Waals surface area contributed by atoms with Crippen molar-refractivity contribution >= 4 is 34.8 Å². The molecule has 140 valence electrons. The van der Waals surface area contributed by atoms with E-state index in [1.807, 2.05) is 41.3 Å². The van der Waals surface area contributed by atoms with Crippen molar-refractivity contribution in [2.45, 2.75) is 6.42 Å². The quantitative estimate of drug-likeness (QED) is 0.851. The third-order valence-corrected chi connectivity index (χ3v) is 5.07. The molecule has 1 atom stereocenters. The number of ether oxygens (including phenoxy) is 1. The molecule has 0 saturated carbocycles. The van der Waals surface area contributed by atoms with Crippen molar-refractivity contribution < 1.29 is 14.3 Å². The molecule has 1 unspecified atom stereocenters. The molecule has 0 spiro atoms. The second kappa shape index (κ2) is 7.48. The van der Waals surface area contributed by atoms with Gasteiger partial charge in [0.1, 0.15) is 12.4 Å². The van der Waals surface area contributed by atoms with Crippen LogP contribution in [0.1, 0.15) is 5.56 Å². The fourth-order valence-corrected chi connectivity index (χ4v) is 3.59. The summed E-state index contributed by atoms with van der Waals surface area (Å²) in [5, 5.41) is 6.39. The first-order valence-electron chi connectivity index (χ1n) is 8.92. The van der Waals surface area contributed by atoms with Gasteiger partial charge in [-0.05, 0) is 54.4 Å². The summed E-state index contributed by atoms with van der Waals surface area (Å²) < 4.78 is 5.69. The van der Waals surface area contributed by atoms with E-state index < -0.39 is 0 Å². The van der Waals surface area contributed by atoms with E-state index in [1.165, 1.54) is 0 Å². The van der Waals surface area contributed by atoms with Crippen LogP contribution in [0.5, 0.6) is 5.75 Å². The van der Waals surface area contributed by atoms with Gasteiger partial charge in [0.2, 0.25) is 11.8 Å². The van der Waals surface area contributed by atoms with E-state index in [0.29, 0.717) is 31.1 Å². The average molecular weight is 386 g/mol. The van der Waals surface area contributed by atoms with Crippen molar-refractivity contribution in [2.24, 2.45) is 5.92 Å². The minimum Gasteiger partial charge on any atom is -0.492 e. The van der Waals surface area contributed by atoms with Gasteiger partial charge < -0.3 is 20.3 Å². The van der Waals surface area contributed by atoms with E-state index in [-0.39, 0.29) is 17.7 Å². The van der Waals surface area contributed by atoms with Gasteiger partial charge in [-0.15, -0.1) is 0 Å². The molecule has 2 aliphatic rings. The Morgan fingerprint density at radius 3 is 2.81 bits per heavy atom. The summed E-state index contributed by atoms with van der Waals surface area (Å²) in [6.45, 7) is 2.12. The molecule has 1 fully saturated rings. The van der Waals surface area contributed by atoms with Crippen LogP contribution in [0.2, 0.25) is 5.02 Å². The molecule has 1 saturated heterocycles. The SMILES string of the molecule is O=C1CN(c2ccc(NC(=O)C3COc4ccc(Cl)cc4C3)cc2)CCN1. The van der Waals surface area contributed by atoms with Gasteiger partial charge in [-0.1, -0.05) is 11.6 Å². The lowest BCUT2D eigenvalue weighted by Gasteiger charge is -2.28. The van der Waals surface area contributed by atoms with E-state index in [1.54, 1.807) is 6.07 Å². The minimum atomic E-state index is -0.263. The molecule has 0 aromatic heterocycles. The number of piperazine rings is 1. The van der Waals surface area contributed by atoms with Gasteiger partial charge in [0.05, 0.1) is 12.5 Å². The highest BCUT2D eigenvalue weighted by molar-refractivity contribution is 6.30. The largest absolute Gasteiger partial charge is 0.492 e. The summed E-state index contributed by atoms with van der Waals surface area (Å²) in [5.74, 6) is 0.474. The second-order valence-electron chi connectivity index (χ2n) is 6.77. The van der Waals surface area contributed by atoms with E-state index in [0.717, 1.165) is 29.2 Å². The van der Waals surface area contributed by atoms with Crippen LogP contribution in [-0.2, 0) is 16.0 Å². The summed E-state index contributed by atoms with van der Waals surface area (Å²) in [4.78, 5) is 26.1. The Hall–Kier alpha value is -2.73. The highest BCUT2D eigenvalue weighted by atomic mass is 35.5. The van der Waals surface area contributed by atoms with Crippen molar-refractivity contribution in [3.63, 3.8) is 0 Å². The number of fused-ring (bicyclic) bond motifs is 1. The normalized spacial score (nSPS) is 18.9. The Morgan fingerprint density at radius 1 is 1.22 bits per heavy atom. The summed E-state index contributed by atoms with van der Waals surface area (Å²) >= 11 is 6.04. The van der Waals surface area contributed by atoms with Crippen LogP contribution in [0.3, 0.4) is 0 Å². The van der Waals surface area contributed by atoms with Crippen molar-refractivity contribution in [3.8, 4) is 5.75 Å². The zero-order valence-corrected chi connectivity index (χ0v) is 15.5. The van der Waals surface area contributed by atoms with Crippen LogP contribution in [0, 0.1) is 5.92 Å². The first kappa shape index (κ1) is 17.7. The molecule has 0 radical (unpaired) electrons. The highest BCUT2D eigenvalue weighted by Crippen LogP contribution is 2.30. The van der Waals surface area contributed by atoms with Crippen molar-refractivity contribution in [1.82, 2.24) is 5.32 Å². The molecule has 7 heteroatoms. The number of halogens is 1. The molecule has 6 nitrogen and oxygen atoms in total. The maximum atomic E-state index is 12.6. The number of benzene rings is 2. The number of nitrogens with one attached hydrogen (secondary N) is 2. The third-order valence-electron chi connectivity index (χ3n) is 4.84. The van der Waals surface area contributed by atoms with Gasteiger partial charge in [0, 0.05) is 29.5 Å². The zero-order valence-electron chi connectivity index (χ0n) is 14.7. The fraction of sp³-hybridized carbons (Fsp3) is 0.300. The number of anilines is 2. The molecule has 2 aromatic rings. The predicted molar refractivity (Wildman–Crippen MR) is 104 cm³/mol. The van der Waals surface area contributed by atoms with Crippen molar-refractivity contribution in [2.75, 3.05) is 36.5 Å². The van der Waals surface area contributed by atoms with Gasteiger partial charge in [-0.25, -0.2) is 0 Å². The number of nitrogens with zero attached hydrogens (tertiary/aromatic N) is 1. The predicted octanol–water partition coefficient (Wildman–Crippen LogP) is 2.47. The molecule has 4 rings (SSSR count). The molecule has 2 heterocycles. The zero-order chi connectivity index (χ0) is 18.8. The summed E-state index contributed by atoms with van der Waals surface area (Å²) in [7, 11) is 0. The maximum absolute atomic E-state index is 12.6. The van der Waals surface area contributed by atoms with Crippen LogP contribution in [-0.4, -0.2) is 38.1 Å². The van der Waals surface area contributed by atoms with Gasteiger partial charge in [0.25, 0.3) is 0 Å². The van der Waals surface area contributed by atoms with Crippen LogP contribution >= 0.6 is 11.6 Å². The molecule has 2 amide bonds. The molecular weight excluding hydrogens is 366 g/mol. The Balaban J connectivity index is 1.39. The second-order valence-corrected chi connectivity index (χ2v) is 7.21. The van der Waals surface area contributed by atoms with Gasteiger partial charge in [-0.2, -0.15) is 0 Å². The van der Waals surface area contributed by atoms with Crippen LogP contribution < -0.4 is 20.3 Å². The van der Waals surface area contributed by atoms with E-state index >= 15 is 0 Å². The standard InChI is InChI=1S/C20H20ClN3O3/c21-15-1-6-18-13(10-15)9-14(12-27-18)20(26)23-16-2-4-17(5-3-16)24-8-7-22-19(25)11-24/h1-6,10,14H,7-9,11-12H2,(H,22,25)(H,23,26). The minimum absolute atomic E-state index is 0.0244. The van der Waals surface area contributed by atoms with Crippen molar-refractivity contribution in [3.05, 3.63) is 53.1 Å². The van der Waals surface area contributed by atoms with Crippen LogP contribution in [0.25, 0.3) is 0 Å². The molecule has 2 aliphatic heterocycles. The molecule has 0 aliphatic carbocycles. The monoisotopic (exact) mass is 385 g/mol. The number of amides is 2. The maximum Gasteiger partial charge on any atom is 0.239 e. The number of carbonyl (C=O) groups is 2. The topological polar surface area (TPSA) is 70.7 Å². The summed E-state index contributed by atoms with van der Waals surface area (Å²) in [6, 6.07) is 13.0. The lowest BCUT2D eigenvalue weighted by molar-refractivity contribution is -0.121. The Bertz CT molecular complexity index is 869. The average Bonchev–Trinajstić information content (AvgIpc) is 2.68. The fourth-order valence-electron chi connectivity index (χ4n) is 3.39. The van der Waals surface area contributed by atoms with Gasteiger partial charge in [0.15, 0.2) is 0 Å². The molecular formula is C20H20ClN3O3. The molecule has 2 aromatic carbocycles. The van der Waals surface area contributed by atoms with E-state index in [9.17, 15) is 9.59 Å². The summed E-state index contributed by atoms with van der Waals surface area (Å²) in [5.41, 5.74) is 2.64. The van der Waals surface area contributed by atoms with Crippen LogP contribution in [0.15, 0.2) is 42.5 Å². The Morgan fingerprint density at radius 2 is 2.04 bits per heavy atom. The molecule has 2 N–H and O–H groups in total. The lowest BCUT2D eigenvalue weighted by atomic mass is 9.96. The summed E-state index contributed by atoms with van der Waals surface area (Å²) in [6.07, 6.45) is 0.600. The van der Waals surface area contributed by atoms with E-state index in [2.05, 4.69) is 10.6 Å². The highest BCUT2D eigenvalue weighted by Gasteiger charge is 2.26. The lowest BCUT2D eigenvalue weighted by Crippen LogP contribution is -2.47. The van der Waals surface area contributed by atoms with E-state index in [4.69, 9.17) is 16.3 Å². The number of hydrogen-bond acceptors (Lipinski definition) is 4. The third kappa shape index (κ3) is 4.01. The molecule has 27 heavy (non-hydrogen) atoms. The number of carbonyl (C=O) groups excluding carboxylic acids is 2.